The fraction of sp³-hybridized carbons (Fsp3) is 0.263. The summed E-state index contributed by atoms with van der Waals surface area (Å²) in [4.78, 5) is 4.06. The maximum Gasteiger partial charge on any atom is 0.243 e. The third kappa shape index (κ3) is 3.71. The standard InChI is InChI=1S/C19H22N4O4S/c1-14(15-5-7-16(8-6-15)23-13-20-12-21-23)22(2)28(24,25)17-9-10-18(26-3)19(11-17)27-4/h5-14H,1-4H3/t14-/m0/s1. The smallest absolute Gasteiger partial charge is 0.243 e. The van der Waals surface area contributed by atoms with E-state index in [0.717, 1.165) is 11.3 Å². The SMILES string of the molecule is COc1ccc(S(=O)(=O)N(C)[C@@H](C)c2ccc(-n3cncn3)cc2)cc1OC. The summed E-state index contributed by atoms with van der Waals surface area (Å²) in [6.07, 6.45) is 3.06. The van der Waals surface area contributed by atoms with Gasteiger partial charge in [0, 0.05) is 19.2 Å². The maximum atomic E-state index is 13.1. The Morgan fingerprint density at radius 3 is 2.29 bits per heavy atom. The second kappa shape index (κ2) is 7.99. The molecule has 0 aliphatic carbocycles. The molecule has 3 aromatic rings. The molecule has 0 unspecified atom stereocenters. The van der Waals surface area contributed by atoms with Crippen LogP contribution in [0, 0.1) is 0 Å². The first-order valence-corrected chi connectivity index (χ1v) is 9.97. The summed E-state index contributed by atoms with van der Waals surface area (Å²) in [5.41, 5.74) is 1.70. The molecule has 0 saturated heterocycles. The lowest BCUT2D eigenvalue weighted by atomic mass is 10.1. The van der Waals surface area contributed by atoms with E-state index >= 15 is 0 Å². The van der Waals surface area contributed by atoms with Crippen LogP contribution in [0.2, 0.25) is 0 Å². The van der Waals surface area contributed by atoms with E-state index in [-0.39, 0.29) is 10.9 Å². The summed E-state index contributed by atoms with van der Waals surface area (Å²) >= 11 is 0. The van der Waals surface area contributed by atoms with Crippen LogP contribution < -0.4 is 9.47 Å². The first-order valence-electron chi connectivity index (χ1n) is 8.53. The van der Waals surface area contributed by atoms with Crippen LogP contribution in [0.5, 0.6) is 11.5 Å². The van der Waals surface area contributed by atoms with Crippen molar-refractivity contribution in [3.8, 4) is 17.2 Å². The lowest BCUT2D eigenvalue weighted by Gasteiger charge is -2.25. The molecular formula is C19H22N4O4S. The molecule has 0 bridgehead atoms. The van der Waals surface area contributed by atoms with E-state index in [1.165, 1.54) is 37.0 Å². The zero-order valence-electron chi connectivity index (χ0n) is 16.1. The Hall–Kier alpha value is -2.91. The third-order valence-corrected chi connectivity index (χ3v) is 6.56. The van der Waals surface area contributed by atoms with Crippen LogP contribution >= 0.6 is 0 Å². The number of ether oxygens (including phenoxy) is 2. The molecule has 1 heterocycles. The van der Waals surface area contributed by atoms with Gasteiger partial charge in [-0.3, -0.25) is 0 Å². The van der Waals surface area contributed by atoms with Crippen LogP contribution in [-0.4, -0.2) is 48.8 Å². The van der Waals surface area contributed by atoms with Gasteiger partial charge in [-0.15, -0.1) is 0 Å². The number of hydrogen-bond donors (Lipinski definition) is 0. The van der Waals surface area contributed by atoms with Gasteiger partial charge >= 0.3 is 0 Å². The van der Waals surface area contributed by atoms with E-state index in [1.807, 2.05) is 31.2 Å². The summed E-state index contributed by atoms with van der Waals surface area (Å²) in [5, 5.41) is 4.08. The average Bonchev–Trinajstić information content (AvgIpc) is 3.27. The van der Waals surface area contributed by atoms with Gasteiger partial charge in [-0.1, -0.05) is 12.1 Å². The topological polar surface area (TPSA) is 86.6 Å². The van der Waals surface area contributed by atoms with Crippen LogP contribution in [-0.2, 0) is 10.0 Å². The average molecular weight is 402 g/mol. The minimum Gasteiger partial charge on any atom is -0.493 e. The highest BCUT2D eigenvalue weighted by atomic mass is 32.2. The van der Waals surface area contributed by atoms with Crippen LogP contribution in [0.15, 0.2) is 60.0 Å². The molecule has 1 aromatic heterocycles. The number of sulfonamides is 1. The van der Waals surface area contributed by atoms with Crippen LogP contribution in [0.1, 0.15) is 18.5 Å². The van der Waals surface area contributed by atoms with E-state index in [2.05, 4.69) is 10.1 Å². The van der Waals surface area contributed by atoms with Gasteiger partial charge in [0.2, 0.25) is 10.0 Å². The van der Waals surface area contributed by atoms with Gasteiger partial charge in [0.25, 0.3) is 0 Å². The van der Waals surface area contributed by atoms with Crippen molar-refractivity contribution < 1.29 is 17.9 Å². The van der Waals surface area contributed by atoms with E-state index in [9.17, 15) is 8.42 Å². The number of benzene rings is 2. The number of hydrogen-bond acceptors (Lipinski definition) is 6. The van der Waals surface area contributed by atoms with E-state index < -0.39 is 10.0 Å². The molecule has 8 nitrogen and oxygen atoms in total. The summed E-state index contributed by atoms with van der Waals surface area (Å²) in [6, 6.07) is 11.7. The Bertz CT molecular complexity index is 1030. The van der Waals surface area contributed by atoms with Crippen molar-refractivity contribution in [1.82, 2.24) is 19.1 Å². The van der Waals surface area contributed by atoms with Gasteiger partial charge in [0.1, 0.15) is 12.7 Å². The van der Waals surface area contributed by atoms with Crippen molar-refractivity contribution in [3.05, 3.63) is 60.7 Å². The first-order chi connectivity index (χ1) is 13.4. The fourth-order valence-electron chi connectivity index (χ4n) is 2.81. The molecule has 28 heavy (non-hydrogen) atoms. The molecular weight excluding hydrogens is 380 g/mol. The molecule has 148 valence electrons. The third-order valence-electron chi connectivity index (χ3n) is 4.64. The second-order valence-corrected chi connectivity index (χ2v) is 8.14. The van der Waals surface area contributed by atoms with E-state index in [0.29, 0.717) is 11.5 Å². The highest BCUT2D eigenvalue weighted by Crippen LogP contribution is 2.32. The van der Waals surface area contributed by atoms with Gasteiger partial charge in [-0.2, -0.15) is 9.40 Å². The van der Waals surface area contributed by atoms with Crippen molar-refractivity contribution in [1.29, 1.82) is 0 Å². The first kappa shape index (κ1) is 19.8. The second-order valence-electron chi connectivity index (χ2n) is 6.15. The van der Waals surface area contributed by atoms with Gasteiger partial charge in [0.15, 0.2) is 11.5 Å². The van der Waals surface area contributed by atoms with Crippen molar-refractivity contribution in [2.45, 2.75) is 17.9 Å². The molecule has 0 aliphatic heterocycles. The van der Waals surface area contributed by atoms with Crippen LogP contribution in [0.3, 0.4) is 0 Å². The van der Waals surface area contributed by atoms with Crippen LogP contribution in [0.25, 0.3) is 5.69 Å². The summed E-state index contributed by atoms with van der Waals surface area (Å²) < 4.78 is 39.5. The molecule has 0 saturated carbocycles. The van der Waals surface area contributed by atoms with Crippen LogP contribution in [0.4, 0.5) is 0 Å². The minimum atomic E-state index is -3.73. The Balaban J connectivity index is 1.86. The lowest BCUT2D eigenvalue weighted by molar-refractivity contribution is 0.353. The lowest BCUT2D eigenvalue weighted by Crippen LogP contribution is -2.29. The number of nitrogens with zero attached hydrogens (tertiary/aromatic N) is 4. The van der Waals surface area contributed by atoms with Crippen molar-refractivity contribution in [3.63, 3.8) is 0 Å². The normalized spacial score (nSPS) is 12.8. The Morgan fingerprint density at radius 1 is 1.04 bits per heavy atom. The molecule has 1 atom stereocenters. The van der Waals surface area contributed by atoms with Crippen molar-refractivity contribution in [2.75, 3.05) is 21.3 Å². The highest BCUT2D eigenvalue weighted by molar-refractivity contribution is 7.89. The van der Waals surface area contributed by atoms with E-state index in [1.54, 1.807) is 24.1 Å². The fourth-order valence-corrected chi connectivity index (χ4v) is 4.18. The molecule has 0 radical (unpaired) electrons. The molecule has 0 fully saturated rings. The molecule has 0 aliphatic rings. The Kier molecular flexibility index (Phi) is 5.66. The molecule has 3 rings (SSSR count). The number of methoxy groups -OCH3 is 2. The van der Waals surface area contributed by atoms with Gasteiger partial charge in [-0.05, 0) is 36.8 Å². The molecule has 0 spiro atoms. The minimum absolute atomic E-state index is 0.138. The molecule has 0 N–H and O–H groups in total. The quantitative estimate of drug-likeness (QED) is 0.604. The largest absolute Gasteiger partial charge is 0.493 e. The Morgan fingerprint density at radius 2 is 1.71 bits per heavy atom. The molecule has 2 aromatic carbocycles. The predicted octanol–water partition coefficient (Wildman–Crippen LogP) is 2.67. The summed E-state index contributed by atoms with van der Waals surface area (Å²) in [5.74, 6) is 0.836. The van der Waals surface area contributed by atoms with Gasteiger partial charge < -0.3 is 9.47 Å². The summed E-state index contributed by atoms with van der Waals surface area (Å²) in [6.45, 7) is 1.84. The summed E-state index contributed by atoms with van der Waals surface area (Å²) in [7, 11) is 0.803. The van der Waals surface area contributed by atoms with Crippen molar-refractivity contribution in [2.24, 2.45) is 0 Å². The zero-order chi connectivity index (χ0) is 20.3. The predicted molar refractivity (Wildman–Crippen MR) is 104 cm³/mol. The van der Waals surface area contributed by atoms with Gasteiger partial charge in [0.05, 0.1) is 24.8 Å². The van der Waals surface area contributed by atoms with Gasteiger partial charge in [-0.25, -0.2) is 18.1 Å². The maximum absolute atomic E-state index is 13.1. The zero-order valence-corrected chi connectivity index (χ0v) is 16.9. The monoisotopic (exact) mass is 402 g/mol. The molecule has 9 heteroatoms. The van der Waals surface area contributed by atoms with E-state index in [4.69, 9.17) is 9.47 Å². The number of aromatic nitrogens is 3. The van der Waals surface area contributed by atoms with Crippen molar-refractivity contribution >= 4 is 10.0 Å². The molecule has 0 amide bonds. The Labute approximate surface area is 164 Å². The number of rotatable bonds is 7. The highest BCUT2D eigenvalue weighted by Gasteiger charge is 2.27.